The maximum atomic E-state index is 11.7. The first kappa shape index (κ1) is 32.4. The lowest BCUT2D eigenvalue weighted by atomic mass is 10.1. The van der Waals surface area contributed by atoms with Crippen molar-refractivity contribution in [2.24, 2.45) is 0 Å². The van der Waals surface area contributed by atoms with E-state index in [2.05, 4.69) is 16.0 Å². The number of carbonyl (C=O) groups excluding carboxylic acids is 2. The van der Waals surface area contributed by atoms with Crippen molar-refractivity contribution in [2.75, 3.05) is 18.4 Å². The number of nitrogens with one attached hydrogen (secondary N) is 4. The van der Waals surface area contributed by atoms with Crippen LogP contribution in [0, 0.1) is 6.92 Å². The van der Waals surface area contributed by atoms with Crippen LogP contribution in [0.1, 0.15) is 52.0 Å². The third-order valence-corrected chi connectivity index (χ3v) is 3.82. The van der Waals surface area contributed by atoms with Crippen LogP contribution >= 0.6 is 0 Å². The lowest BCUT2D eigenvalue weighted by molar-refractivity contribution is -0.139. The molecule has 12 heteroatoms. The number of anilines is 1. The average Bonchev–Trinajstić information content (AvgIpc) is 2.79. The van der Waals surface area contributed by atoms with Crippen molar-refractivity contribution >= 4 is 35.7 Å². The number of rotatable bonds is 11. The molecule has 1 rings (SSSR count). The largest absolute Gasteiger partial charge is 0.481 e. The van der Waals surface area contributed by atoms with Crippen molar-refractivity contribution < 1.29 is 39.3 Å². The second-order valence-corrected chi connectivity index (χ2v) is 6.60. The molecule has 0 fully saturated rings. The number of carboxylic acids is 3. The number of hydrogen-bond acceptors (Lipinski definition) is 5. The van der Waals surface area contributed by atoms with Crippen molar-refractivity contribution in [3.8, 4) is 0 Å². The second kappa shape index (κ2) is 19.8. The van der Waals surface area contributed by atoms with Crippen molar-refractivity contribution in [2.45, 2.75) is 59.4 Å². The molecule has 7 N–H and O–H groups in total. The van der Waals surface area contributed by atoms with E-state index in [1.807, 2.05) is 38.2 Å². The lowest BCUT2D eigenvalue weighted by Gasteiger charge is -2.14. The molecule has 0 bridgehead atoms. The molecule has 1 aromatic rings. The van der Waals surface area contributed by atoms with Crippen molar-refractivity contribution in [1.29, 1.82) is 0 Å². The van der Waals surface area contributed by atoms with Crippen molar-refractivity contribution in [1.82, 2.24) is 16.0 Å². The summed E-state index contributed by atoms with van der Waals surface area (Å²) in [5, 5.41) is 34.8. The van der Waals surface area contributed by atoms with Gasteiger partial charge in [0, 0.05) is 18.7 Å². The maximum Gasteiger partial charge on any atom is 0.326 e. The predicted molar refractivity (Wildman–Crippen MR) is 127 cm³/mol. The van der Waals surface area contributed by atoms with Gasteiger partial charge < -0.3 is 36.6 Å². The molecular weight excluding hydrogens is 448 g/mol. The Kier molecular flexibility index (Phi) is 18.9. The molecular formula is C22H36N4O8. The fourth-order valence-electron chi connectivity index (χ4n) is 2.11. The minimum Gasteiger partial charge on any atom is -0.481 e. The Morgan fingerprint density at radius 3 is 1.88 bits per heavy atom. The van der Waals surface area contributed by atoms with E-state index in [9.17, 15) is 24.0 Å². The van der Waals surface area contributed by atoms with Crippen LogP contribution in [0.15, 0.2) is 24.3 Å². The monoisotopic (exact) mass is 484 g/mol. The van der Waals surface area contributed by atoms with Crippen LogP contribution in [0.3, 0.4) is 0 Å². The molecule has 12 nitrogen and oxygen atoms in total. The van der Waals surface area contributed by atoms with E-state index in [4.69, 9.17) is 15.3 Å². The first-order chi connectivity index (χ1) is 16.0. The highest BCUT2D eigenvalue weighted by Crippen LogP contribution is 2.08. The van der Waals surface area contributed by atoms with Crippen LogP contribution < -0.4 is 21.3 Å². The number of carbonyl (C=O) groups is 5. The number of carboxylic acid groups (broad SMARTS) is 3. The molecule has 0 aliphatic heterocycles. The minimum atomic E-state index is -1.23. The molecule has 0 radical (unpaired) electrons. The molecule has 0 unspecified atom stereocenters. The zero-order chi connectivity index (χ0) is 26.5. The molecule has 0 aromatic heterocycles. The van der Waals surface area contributed by atoms with Crippen molar-refractivity contribution in [3.63, 3.8) is 0 Å². The van der Waals surface area contributed by atoms with Crippen molar-refractivity contribution in [3.05, 3.63) is 29.8 Å². The summed E-state index contributed by atoms with van der Waals surface area (Å²) in [6.07, 6.45) is 1.33. The van der Waals surface area contributed by atoms with E-state index >= 15 is 0 Å². The van der Waals surface area contributed by atoms with Gasteiger partial charge in [-0.3, -0.25) is 9.59 Å². The standard InChI is InChI=1S/C17H24N4O6.C3H6O2.C2H6/c1-11-5-7-12(8-6-11)20-16(26)18-9-3-2-4-13(15(24)25)21-17(27)19-10-14(22)23;1-2-3(4)5;1-2/h5-8,13H,2-4,9-10H2,1H3,(H,22,23)(H,24,25)(H2,18,20,26)(H2,19,21,27);2H2,1H3,(H,4,5);1-2H3/t13-;;/m0../s1. The van der Waals surface area contributed by atoms with Gasteiger partial charge in [0.25, 0.3) is 0 Å². The number of hydrogen-bond donors (Lipinski definition) is 7. The molecule has 1 atom stereocenters. The molecule has 192 valence electrons. The Bertz CT molecular complexity index is 769. The fourth-order valence-corrected chi connectivity index (χ4v) is 2.11. The molecule has 0 aliphatic rings. The third-order valence-electron chi connectivity index (χ3n) is 3.82. The van der Waals surface area contributed by atoms with Gasteiger partial charge in [0.15, 0.2) is 0 Å². The van der Waals surface area contributed by atoms with E-state index in [1.54, 1.807) is 19.1 Å². The third kappa shape index (κ3) is 18.9. The molecule has 0 heterocycles. The number of benzene rings is 1. The molecule has 4 amide bonds. The number of aryl methyl sites for hydroxylation is 1. The first-order valence-corrected chi connectivity index (χ1v) is 10.9. The van der Waals surface area contributed by atoms with Crippen LogP contribution in [0.5, 0.6) is 0 Å². The number of unbranched alkanes of at least 4 members (excludes halogenated alkanes) is 1. The zero-order valence-corrected chi connectivity index (χ0v) is 20.0. The smallest absolute Gasteiger partial charge is 0.326 e. The van der Waals surface area contributed by atoms with Gasteiger partial charge in [-0.1, -0.05) is 38.5 Å². The summed E-state index contributed by atoms with van der Waals surface area (Å²) in [5.74, 6) is -3.19. The highest BCUT2D eigenvalue weighted by molar-refractivity contribution is 5.89. The molecule has 34 heavy (non-hydrogen) atoms. The van der Waals surface area contributed by atoms with Gasteiger partial charge in [0.1, 0.15) is 12.6 Å². The summed E-state index contributed by atoms with van der Waals surface area (Å²) in [7, 11) is 0. The van der Waals surface area contributed by atoms with E-state index < -0.39 is 36.5 Å². The quantitative estimate of drug-likeness (QED) is 0.233. The lowest BCUT2D eigenvalue weighted by Crippen LogP contribution is -2.47. The van der Waals surface area contributed by atoms with Crippen LogP contribution in [0.25, 0.3) is 0 Å². The van der Waals surface area contributed by atoms with E-state index in [-0.39, 0.29) is 18.9 Å². The first-order valence-electron chi connectivity index (χ1n) is 10.9. The normalized spacial score (nSPS) is 10.1. The fraction of sp³-hybridized carbons (Fsp3) is 0.500. The van der Waals surface area contributed by atoms with Crippen LogP contribution in [-0.4, -0.2) is 64.4 Å². The minimum absolute atomic E-state index is 0.150. The summed E-state index contributed by atoms with van der Waals surface area (Å²) in [5.41, 5.74) is 1.75. The number of urea groups is 2. The van der Waals surface area contributed by atoms with Crippen LogP contribution in [0.4, 0.5) is 15.3 Å². The summed E-state index contributed by atoms with van der Waals surface area (Å²) in [4.78, 5) is 54.0. The molecule has 0 saturated carbocycles. The Balaban J connectivity index is 0. The van der Waals surface area contributed by atoms with Gasteiger partial charge in [-0.15, -0.1) is 0 Å². The Labute approximate surface area is 199 Å². The predicted octanol–water partition coefficient (Wildman–Crippen LogP) is 2.63. The van der Waals surface area contributed by atoms with E-state index in [1.165, 1.54) is 0 Å². The maximum absolute atomic E-state index is 11.7. The van der Waals surface area contributed by atoms with Gasteiger partial charge in [-0.25, -0.2) is 14.4 Å². The van der Waals surface area contributed by atoms with E-state index in [0.717, 1.165) is 5.56 Å². The number of aliphatic carboxylic acids is 3. The summed E-state index contributed by atoms with van der Waals surface area (Å²) in [6, 6.07) is 4.96. The Morgan fingerprint density at radius 2 is 1.41 bits per heavy atom. The highest BCUT2D eigenvalue weighted by atomic mass is 16.4. The zero-order valence-electron chi connectivity index (χ0n) is 20.0. The molecule has 0 saturated heterocycles. The van der Waals surface area contributed by atoms with Gasteiger partial charge in [0.2, 0.25) is 0 Å². The van der Waals surface area contributed by atoms with Gasteiger partial charge in [-0.2, -0.15) is 0 Å². The van der Waals surface area contributed by atoms with Crippen LogP contribution in [-0.2, 0) is 14.4 Å². The summed E-state index contributed by atoms with van der Waals surface area (Å²) in [6.45, 7) is 7.29. The van der Waals surface area contributed by atoms with Gasteiger partial charge >= 0.3 is 30.0 Å². The molecule has 0 aliphatic carbocycles. The second-order valence-electron chi connectivity index (χ2n) is 6.60. The highest BCUT2D eigenvalue weighted by Gasteiger charge is 2.19. The number of amides is 4. The Morgan fingerprint density at radius 1 is 0.853 bits per heavy atom. The van der Waals surface area contributed by atoms with Gasteiger partial charge in [-0.05, 0) is 38.3 Å². The van der Waals surface area contributed by atoms with Gasteiger partial charge in [0.05, 0.1) is 0 Å². The molecule has 0 spiro atoms. The SMILES string of the molecule is CC.CCC(=O)O.Cc1ccc(NC(=O)NCCCC[C@H](NC(=O)NCC(=O)O)C(=O)O)cc1. The summed E-state index contributed by atoms with van der Waals surface area (Å²) >= 11 is 0. The van der Waals surface area contributed by atoms with Crippen LogP contribution in [0.2, 0.25) is 0 Å². The molecule has 1 aromatic carbocycles. The Hall–Kier alpha value is -3.83. The topological polar surface area (TPSA) is 194 Å². The summed E-state index contributed by atoms with van der Waals surface area (Å²) < 4.78 is 0. The average molecular weight is 485 g/mol. The van der Waals surface area contributed by atoms with E-state index in [0.29, 0.717) is 25.1 Å².